The summed E-state index contributed by atoms with van der Waals surface area (Å²) in [5, 5.41) is 19.9. The van der Waals surface area contributed by atoms with E-state index in [9.17, 15) is 14.7 Å². The molecule has 36 heavy (non-hydrogen) atoms. The van der Waals surface area contributed by atoms with E-state index in [1.807, 2.05) is 29.2 Å². The van der Waals surface area contributed by atoms with E-state index in [1.54, 1.807) is 12.1 Å². The van der Waals surface area contributed by atoms with E-state index >= 15 is 0 Å². The van der Waals surface area contributed by atoms with Crippen molar-refractivity contribution < 1.29 is 19.4 Å². The number of aromatic hydroxyl groups is 1. The highest BCUT2D eigenvalue weighted by atomic mass is 16.5. The Bertz CT molecular complexity index is 1070. The van der Waals surface area contributed by atoms with Gasteiger partial charge in [0.05, 0.1) is 0 Å². The summed E-state index contributed by atoms with van der Waals surface area (Å²) < 4.78 is 6.40. The molecule has 4 bridgehead atoms. The fourth-order valence-electron chi connectivity index (χ4n) is 5.45. The molecule has 2 amide bonds. The molecule has 2 aromatic rings. The lowest BCUT2D eigenvalue weighted by atomic mass is 9.87. The Morgan fingerprint density at radius 3 is 2.50 bits per heavy atom. The molecule has 3 aliphatic rings. The zero-order valence-corrected chi connectivity index (χ0v) is 20.7. The van der Waals surface area contributed by atoms with Gasteiger partial charge in [-0.2, -0.15) is 0 Å². The Morgan fingerprint density at radius 2 is 1.64 bits per heavy atom. The molecule has 8 heteroatoms. The molecule has 8 nitrogen and oxygen atoms in total. The van der Waals surface area contributed by atoms with Crippen LogP contribution in [0.4, 0.5) is 0 Å². The maximum atomic E-state index is 14.2. The number of amides is 2. The molecule has 0 saturated heterocycles. The maximum Gasteiger partial charge on any atom is 0.234 e. The van der Waals surface area contributed by atoms with E-state index in [0.717, 1.165) is 55.6 Å². The third kappa shape index (κ3) is 5.50. The van der Waals surface area contributed by atoms with E-state index in [0.29, 0.717) is 38.2 Å². The number of ether oxygens (including phenoxy) is 1. The molecule has 0 radical (unpaired) electrons. The number of fused-ring (bicyclic) bond motifs is 1. The summed E-state index contributed by atoms with van der Waals surface area (Å²) in [7, 11) is 0. The summed E-state index contributed by atoms with van der Waals surface area (Å²) in [5.74, 6) is 0.473. The molecule has 0 aromatic heterocycles. The minimum absolute atomic E-state index is 0.0160. The van der Waals surface area contributed by atoms with Crippen molar-refractivity contribution in [1.29, 1.82) is 0 Å². The van der Waals surface area contributed by atoms with Gasteiger partial charge in [-0.05, 0) is 80.7 Å². The number of nitrogens with zero attached hydrogens (tertiary/aromatic N) is 1. The van der Waals surface area contributed by atoms with Crippen LogP contribution in [0.3, 0.4) is 0 Å². The fraction of sp³-hybridized carbons (Fsp3) is 0.500. The van der Waals surface area contributed by atoms with Crippen LogP contribution in [-0.4, -0.2) is 61.1 Å². The first-order valence-corrected chi connectivity index (χ1v) is 13.2. The number of hydrogen-bond acceptors (Lipinski definition) is 6. The van der Waals surface area contributed by atoms with Gasteiger partial charge in [0.25, 0.3) is 0 Å². The standard InChI is InChI=1S/C28H36N4O4/c33-21-8-5-19(6-9-21)27-26-22-17-20(7-10-24(22)36-27)23-18-25(34)31-14-4-16-32(28(26)35)15-2-1-11-29-12-3-13-30-23/h5-10,17,23,26-27,29-30,33H,1-4,11-16,18H2,(H,31,34)/t23-,26+,27-/m1/s1. The van der Waals surface area contributed by atoms with Gasteiger partial charge in [0, 0.05) is 37.7 Å². The van der Waals surface area contributed by atoms with Crippen LogP contribution >= 0.6 is 0 Å². The highest BCUT2D eigenvalue weighted by molar-refractivity contribution is 5.87. The third-order valence-electron chi connectivity index (χ3n) is 7.40. The molecule has 3 heterocycles. The Balaban J connectivity index is 1.58. The summed E-state index contributed by atoms with van der Waals surface area (Å²) in [5.41, 5.74) is 2.72. The van der Waals surface area contributed by atoms with E-state index in [4.69, 9.17) is 4.74 Å². The molecule has 192 valence electrons. The Labute approximate surface area is 212 Å². The minimum Gasteiger partial charge on any atom is -0.508 e. The van der Waals surface area contributed by atoms with Gasteiger partial charge in [0.2, 0.25) is 11.8 Å². The second-order valence-electron chi connectivity index (χ2n) is 9.96. The highest BCUT2D eigenvalue weighted by Crippen LogP contribution is 2.48. The van der Waals surface area contributed by atoms with Gasteiger partial charge in [-0.3, -0.25) is 9.59 Å². The quantitative estimate of drug-likeness (QED) is 0.488. The molecular weight excluding hydrogens is 456 g/mol. The van der Waals surface area contributed by atoms with Crippen molar-refractivity contribution in [3.05, 3.63) is 59.2 Å². The third-order valence-corrected chi connectivity index (χ3v) is 7.40. The first-order valence-electron chi connectivity index (χ1n) is 13.2. The van der Waals surface area contributed by atoms with Crippen molar-refractivity contribution in [2.24, 2.45) is 0 Å². The summed E-state index contributed by atoms with van der Waals surface area (Å²) in [4.78, 5) is 28.9. The van der Waals surface area contributed by atoms with E-state index < -0.39 is 12.0 Å². The van der Waals surface area contributed by atoms with Crippen molar-refractivity contribution in [2.45, 2.75) is 50.2 Å². The largest absolute Gasteiger partial charge is 0.508 e. The number of phenolic OH excluding ortho intramolecular Hbond substituents is 1. The van der Waals surface area contributed by atoms with Crippen molar-refractivity contribution in [1.82, 2.24) is 20.9 Å². The van der Waals surface area contributed by atoms with Crippen LogP contribution in [0.2, 0.25) is 0 Å². The molecule has 0 fully saturated rings. The first-order chi connectivity index (χ1) is 17.6. The number of benzene rings is 2. The molecule has 0 aliphatic carbocycles. The molecule has 5 rings (SSSR count). The van der Waals surface area contributed by atoms with E-state index in [-0.39, 0.29) is 23.6 Å². The predicted octanol–water partition coefficient (Wildman–Crippen LogP) is 2.75. The van der Waals surface area contributed by atoms with Crippen LogP contribution in [0.25, 0.3) is 0 Å². The lowest BCUT2D eigenvalue weighted by Gasteiger charge is -2.28. The number of carbonyl (C=O) groups excluding carboxylic acids is 2. The smallest absolute Gasteiger partial charge is 0.234 e. The van der Waals surface area contributed by atoms with Crippen molar-refractivity contribution in [3.8, 4) is 11.5 Å². The van der Waals surface area contributed by atoms with E-state index in [1.165, 1.54) is 0 Å². The van der Waals surface area contributed by atoms with Crippen LogP contribution in [0.5, 0.6) is 11.5 Å². The lowest BCUT2D eigenvalue weighted by molar-refractivity contribution is -0.134. The summed E-state index contributed by atoms with van der Waals surface area (Å²) in [6.07, 6.45) is 3.47. The molecule has 4 N–H and O–H groups in total. The van der Waals surface area contributed by atoms with Gasteiger partial charge in [0.1, 0.15) is 23.5 Å². The van der Waals surface area contributed by atoms with Crippen molar-refractivity contribution in [3.63, 3.8) is 0 Å². The second-order valence-corrected chi connectivity index (χ2v) is 9.96. The summed E-state index contributed by atoms with van der Waals surface area (Å²) >= 11 is 0. The molecule has 2 aromatic carbocycles. The molecule has 3 atom stereocenters. The highest BCUT2D eigenvalue weighted by Gasteiger charge is 2.43. The topological polar surface area (TPSA) is 103 Å². The fourth-order valence-corrected chi connectivity index (χ4v) is 5.45. The van der Waals surface area contributed by atoms with Crippen LogP contribution in [0.1, 0.15) is 66.9 Å². The van der Waals surface area contributed by atoms with Crippen LogP contribution in [0.15, 0.2) is 42.5 Å². The van der Waals surface area contributed by atoms with Crippen molar-refractivity contribution in [2.75, 3.05) is 39.3 Å². The van der Waals surface area contributed by atoms with Gasteiger partial charge in [0.15, 0.2) is 0 Å². The number of hydrogen-bond donors (Lipinski definition) is 4. The minimum atomic E-state index is -0.486. The van der Waals surface area contributed by atoms with Crippen LogP contribution in [-0.2, 0) is 9.59 Å². The predicted molar refractivity (Wildman–Crippen MR) is 137 cm³/mol. The van der Waals surface area contributed by atoms with Gasteiger partial charge in [-0.1, -0.05) is 18.2 Å². The number of carbonyl (C=O) groups is 2. The van der Waals surface area contributed by atoms with Crippen LogP contribution in [0, 0.1) is 0 Å². The molecule has 0 unspecified atom stereocenters. The summed E-state index contributed by atoms with van der Waals surface area (Å²) in [6, 6.07) is 12.8. The Hall–Kier alpha value is -3.10. The average molecular weight is 493 g/mol. The number of phenols is 1. The zero-order chi connectivity index (χ0) is 24.9. The van der Waals surface area contributed by atoms with Gasteiger partial charge in [-0.25, -0.2) is 0 Å². The molecule has 3 aliphatic heterocycles. The number of rotatable bonds is 1. The molecular formula is C28H36N4O4. The van der Waals surface area contributed by atoms with Gasteiger partial charge in [-0.15, -0.1) is 0 Å². The zero-order valence-electron chi connectivity index (χ0n) is 20.7. The SMILES string of the molecule is O=C1C[C@H]2NCCCNCCCCN(CCCN1)C(=O)[C@H]1c3cc2ccc3O[C@@H]1c1ccc(O)cc1. The van der Waals surface area contributed by atoms with Crippen molar-refractivity contribution >= 4 is 11.8 Å². The summed E-state index contributed by atoms with van der Waals surface area (Å²) in [6.45, 7) is 4.45. The average Bonchev–Trinajstić information content (AvgIpc) is 3.26. The monoisotopic (exact) mass is 492 g/mol. The van der Waals surface area contributed by atoms with Crippen LogP contribution < -0.4 is 20.7 Å². The molecule has 0 spiro atoms. The van der Waals surface area contributed by atoms with Gasteiger partial charge >= 0.3 is 0 Å². The lowest BCUT2D eigenvalue weighted by Crippen LogP contribution is -2.39. The Morgan fingerprint density at radius 1 is 0.861 bits per heavy atom. The normalized spacial score (nSPS) is 25.8. The maximum absolute atomic E-state index is 14.2. The van der Waals surface area contributed by atoms with Gasteiger partial charge < -0.3 is 30.7 Å². The number of nitrogens with one attached hydrogen (secondary N) is 3. The molecule has 0 saturated carbocycles. The second kappa shape index (κ2) is 11.3. The Kier molecular flexibility index (Phi) is 7.72. The first kappa shape index (κ1) is 24.6. The van der Waals surface area contributed by atoms with E-state index in [2.05, 4.69) is 22.0 Å².